The van der Waals surface area contributed by atoms with Gasteiger partial charge in [-0.3, -0.25) is 0 Å². The first-order valence-corrected chi connectivity index (χ1v) is 7.85. The summed E-state index contributed by atoms with van der Waals surface area (Å²) in [6.45, 7) is 10.5. The Balaban J connectivity index is 1.85. The van der Waals surface area contributed by atoms with E-state index < -0.39 is 0 Å². The Morgan fingerprint density at radius 3 is 2.43 bits per heavy atom. The minimum atomic E-state index is 0.733. The van der Waals surface area contributed by atoms with Crippen molar-refractivity contribution in [1.29, 1.82) is 0 Å². The zero-order valence-corrected chi connectivity index (χ0v) is 13.5. The molecule has 1 fully saturated rings. The van der Waals surface area contributed by atoms with Gasteiger partial charge in [-0.2, -0.15) is 0 Å². The number of aryl methyl sites for hydroxylation is 4. The number of hydrogen-bond donors (Lipinski definition) is 1. The predicted molar refractivity (Wildman–Crippen MR) is 86.6 cm³/mol. The summed E-state index contributed by atoms with van der Waals surface area (Å²) in [4.78, 5) is 4.51. The van der Waals surface area contributed by atoms with E-state index in [1.807, 2.05) is 6.20 Å². The Labute approximate surface area is 127 Å². The Hall–Kier alpha value is -1.61. The van der Waals surface area contributed by atoms with Gasteiger partial charge in [-0.25, -0.2) is 4.98 Å². The van der Waals surface area contributed by atoms with E-state index in [1.54, 1.807) is 0 Å². The Kier molecular flexibility index (Phi) is 3.85. The number of benzene rings is 1. The molecule has 1 heterocycles. The highest BCUT2D eigenvalue weighted by atomic mass is 15.1. The summed E-state index contributed by atoms with van der Waals surface area (Å²) in [6.07, 6.45) is 4.66. The highest BCUT2D eigenvalue weighted by molar-refractivity contribution is 5.38. The van der Waals surface area contributed by atoms with E-state index in [-0.39, 0.29) is 0 Å². The Morgan fingerprint density at radius 1 is 1.14 bits per heavy atom. The van der Waals surface area contributed by atoms with Crippen LogP contribution in [0.5, 0.6) is 0 Å². The van der Waals surface area contributed by atoms with Crippen molar-refractivity contribution in [3.05, 3.63) is 52.1 Å². The van der Waals surface area contributed by atoms with E-state index in [0.717, 1.165) is 25.0 Å². The van der Waals surface area contributed by atoms with Gasteiger partial charge in [0.15, 0.2) is 0 Å². The van der Waals surface area contributed by atoms with Gasteiger partial charge in [-0.1, -0.05) is 17.7 Å². The molecule has 0 bridgehead atoms. The van der Waals surface area contributed by atoms with E-state index in [1.165, 1.54) is 40.8 Å². The molecule has 0 aliphatic heterocycles. The summed E-state index contributed by atoms with van der Waals surface area (Å²) in [5.41, 5.74) is 6.81. The lowest BCUT2D eigenvalue weighted by Gasteiger charge is -2.16. The van der Waals surface area contributed by atoms with Crippen LogP contribution >= 0.6 is 0 Å². The lowest BCUT2D eigenvalue weighted by atomic mass is 9.99. The molecule has 3 rings (SSSR count). The molecule has 21 heavy (non-hydrogen) atoms. The monoisotopic (exact) mass is 283 g/mol. The van der Waals surface area contributed by atoms with E-state index in [4.69, 9.17) is 0 Å². The molecule has 0 unspecified atom stereocenters. The molecule has 2 aromatic rings. The predicted octanol–water partition coefficient (Wildman–Crippen LogP) is 3.42. The number of rotatable bonds is 5. The third-order valence-electron chi connectivity index (χ3n) is 4.44. The van der Waals surface area contributed by atoms with E-state index in [2.05, 4.69) is 54.7 Å². The van der Waals surface area contributed by atoms with Crippen LogP contribution in [0.25, 0.3) is 0 Å². The molecule has 112 valence electrons. The second-order valence-corrected chi connectivity index (χ2v) is 6.42. The third kappa shape index (κ3) is 3.18. The molecule has 1 aromatic carbocycles. The quantitative estimate of drug-likeness (QED) is 0.911. The van der Waals surface area contributed by atoms with Crippen molar-refractivity contribution in [1.82, 2.24) is 14.9 Å². The fourth-order valence-corrected chi connectivity index (χ4v) is 3.03. The molecule has 1 aliphatic carbocycles. The maximum absolute atomic E-state index is 4.51. The van der Waals surface area contributed by atoms with Crippen LogP contribution in [0.2, 0.25) is 0 Å². The minimum Gasteiger partial charge on any atom is -0.327 e. The lowest BCUT2D eigenvalue weighted by Crippen LogP contribution is -2.19. The van der Waals surface area contributed by atoms with E-state index >= 15 is 0 Å². The van der Waals surface area contributed by atoms with Crippen molar-refractivity contribution in [3.63, 3.8) is 0 Å². The molecule has 1 saturated carbocycles. The van der Waals surface area contributed by atoms with E-state index in [0.29, 0.717) is 0 Å². The molecular formula is C18H25N3. The normalized spacial score (nSPS) is 14.7. The number of aromatic nitrogens is 2. The first-order valence-electron chi connectivity index (χ1n) is 7.85. The van der Waals surface area contributed by atoms with Gasteiger partial charge < -0.3 is 9.88 Å². The fourth-order valence-electron chi connectivity index (χ4n) is 3.03. The van der Waals surface area contributed by atoms with Gasteiger partial charge in [-0.15, -0.1) is 0 Å². The number of imidazole rings is 1. The Morgan fingerprint density at radius 2 is 1.81 bits per heavy atom. The zero-order chi connectivity index (χ0) is 15.0. The molecule has 0 spiro atoms. The number of hydrogen-bond acceptors (Lipinski definition) is 2. The van der Waals surface area contributed by atoms with Gasteiger partial charge >= 0.3 is 0 Å². The maximum atomic E-state index is 4.51. The van der Waals surface area contributed by atoms with Gasteiger partial charge in [0.2, 0.25) is 0 Å². The molecule has 1 aliphatic rings. The zero-order valence-electron chi connectivity index (χ0n) is 13.5. The molecule has 1 aromatic heterocycles. The number of nitrogens with one attached hydrogen (secondary N) is 1. The highest BCUT2D eigenvalue weighted by Crippen LogP contribution is 2.21. The summed E-state index contributed by atoms with van der Waals surface area (Å²) in [7, 11) is 0. The fraction of sp³-hybridized carbons (Fsp3) is 0.500. The second kappa shape index (κ2) is 5.64. The average molecular weight is 283 g/mol. The van der Waals surface area contributed by atoms with Gasteiger partial charge in [0.05, 0.1) is 5.69 Å². The molecule has 0 saturated heterocycles. The molecule has 0 atom stereocenters. The van der Waals surface area contributed by atoms with Crippen LogP contribution in [0.4, 0.5) is 0 Å². The summed E-state index contributed by atoms with van der Waals surface area (Å²) in [5, 5.41) is 3.59. The van der Waals surface area contributed by atoms with Gasteiger partial charge in [0.25, 0.3) is 0 Å². The van der Waals surface area contributed by atoms with E-state index in [9.17, 15) is 0 Å². The van der Waals surface area contributed by atoms with Crippen molar-refractivity contribution >= 4 is 0 Å². The van der Waals surface area contributed by atoms with Gasteiger partial charge in [-0.05, 0) is 57.2 Å². The largest absolute Gasteiger partial charge is 0.327 e. The van der Waals surface area contributed by atoms with Gasteiger partial charge in [0.1, 0.15) is 5.82 Å². The van der Waals surface area contributed by atoms with Crippen LogP contribution in [-0.2, 0) is 13.1 Å². The summed E-state index contributed by atoms with van der Waals surface area (Å²) < 4.78 is 2.35. The van der Waals surface area contributed by atoms with Crippen LogP contribution in [0.15, 0.2) is 18.3 Å². The van der Waals surface area contributed by atoms with Crippen LogP contribution in [-0.4, -0.2) is 15.6 Å². The molecule has 1 N–H and O–H groups in total. The average Bonchev–Trinajstić information content (AvgIpc) is 3.17. The molecule has 3 heteroatoms. The van der Waals surface area contributed by atoms with Crippen molar-refractivity contribution < 1.29 is 0 Å². The van der Waals surface area contributed by atoms with Crippen molar-refractivity contribution in [2.45, 2.75) is 59.7 Å². The van der Waals surface area contributed by atoms with Crippen LogP contribution in [0.3, 0.4) is 0 Å². The first kappa shape index (κ1) is 14.3. The van der Waals surface area contributed by atoms with Crippen molar-refractivity contribution in [2.24, 2.45) is 0 Å². The van der Waals surface area contributed by atoms with Crippen LogP contribution in [0.1, 0.15) is 46.6 Å². The molecule has 3 nitrogen and oxygen atoms in total. The summed E-state index contributed by atoms with van der Waals surface area (Å²) in [6, 6.07) is 5.28. The molecule has 0 amide bonds. The Bertz CT molecular complexity index is 627. The topological polar surface area (TPSA) is 29.9 Å². The number of nitrogens with zero attached hydrogens (tertiary/aromatic N) is 2. The first-order chi connectivity index (χ1) is 10.0. The highest BCUT2D eigenvalue weighted by Gasteiger charge is 2.21. The van der Waals surface area contributed by atoms with Crippen LogP contribution < -0.4 is 5.32 Å². The third-order valence-corrected chi connectivity index (χ3v) is 4.44. The minimum absolute atomic E-state index is 0.733. The smallest absolute Gasteiger partial charge is 0.106 e. The molecule has 0 radical (unpaired) electrons. The van der Waals surface area contributed by atoms with Crippen LogP contribution in [0, 0.1) is 27.7 Å². The maximum Gasteiger partial charge on any atom is 0.106 e. The van der Waals surface area contributed by atoms with Crippen molar-refractivity contribution in [2.75, 3.05) is 0 Å². The second-order valence-electron chi connectivity index (χ2n) is 6.42. The van der Waals surface area contributed by atoms with Crippen molar-refractivity contribution in [3.8, 4) is 0 Å². The molecular weight excluding hydrogens is 258 g/mol. The summed E-state index contributed by atoms with van der Waals surface area (Å²) >= 11 is 0. The standard InChI is InChI=1S/C18H25N3/c1-12-7-13(2)18(14(3)8-12)11-21-15(4)19-9-17(21)10-20-16-5-6-16/h7-9,16,20H,5-6,10-11H2,1-4H3. The lowest BCUT2D eigenvalue weighted by molar-refractivity contribution is 0.625. The summed E-state index contributed by atoms with van der Waals surface area (Å²) in [5.74, 6) is 1.10. The SMILES string of the molecule is Cc1cc(C)c(Cn2c(CNC3CC3)cnc2C)c(C)c1. The van der Waals surface area contributed by atoms with Gasteiger partial charge in [0, 0.05) is 25.3 Å².